The molecule has 0 atom stereocenters. The molecule has 5 nitrogen and oxygen atoms in total. The van der Waals surface area contributed by atoms with E-state index in [1.54, 1.807) is 6.20 Å². The minimum Gasteiger partial charge on any atom is -0.462 e. The van der Waals surface area contributed by atoms with Crippen LogP contribution in [-0.2, 0) is 11.3 Å². The molecule has 1 saturated heterocycles. The number of rotatable bonds is 5. The number of ether oxygens (including phenoxy) is 1. The Bertz CT molecular complexity index is 1250. The summed E-state index contributed by atoms with van der Waals surface area (Å²) < 4.78 is 5.38. The minimum absolute atomic E-state index is 0.309. The molecule has 162 valence electrons. The summed E-state index contributed by atoms with van der Waals surface area (Å²) in [7, 11) is 0. The van der Waals surface area contributed by atoms with Crippen molar-refractivity contribution < 1.29 is 9.53 Å². The summed E-state index contributed by atoms with van der Waals surface area (Å²) in [5.74, 6) is -0.309. The Morgan fingerprint density at radius 2 is 1.66 bits per heavy atom. The van der Waals surface area contributed by atoms with Crippen LogP contribution >= 0.6 is 0 Å². The third kappa shape index (κ3) is 3.92. The first-order valence-electron chi connectivity index (χ1n) is 11.2. The molecule has 2 heterocycles. The number of piperazine rings is 1. The molecule has 5 heteroatoms. The minimum atomic E-state index is -0.309. The molecule has 0 bridgehead atoms. The highest BCUT2D eigenvalue weighted by molar-refractivity contribution is 6.13. The van der Waals surface area contributed by atoms with Crippen LogP contribution in [0.3, 0.4) is 0 Å². The van der Waals surface area contributed by atoms with Crippen molar-refractivity contribution in [3.63, 3.8) is 0 Å². The molecule has 0 spiro atoms. The normalized spacial score (nSPS) is 14.7. The number of anilines is 1. The zero-order chi connectivity index (χ0) is 21.9. The predicted molar refractivity (Wildman–Crippen MR) is 129 cm³/mol. The standard InChI is InChI=1S/C27H27N3O2/c1-2-32-27(31)24-18-28-25-22-11-7-6-10-21(22)12-13-23(25)26(24)30-16-14-29(15-17-30)19-20-8-4-3-5-9-20/h3-13,18H,2,14-17,19H2,1H3. The van der Waals surface area contributed by atoms with E-state index in [0.29, 0.717) is 12.2 Å². The fourth-order valence-corrected chi connectivity index (χ4v) is 4.59. The summed E-state index contributed by atoms with van der Waals surface area (Å²) in [6.45, 7) is 6.71. The Morgan fingerprint density at radius 3 is 2.44 bits per heavy atom. The maximum atomic E-state index is 12.8. The number of benzene rings is 3. The van der Waals surface area contributed by atoms with Crippen LogP contribution in [0.4, 0.5) is 5.69 Å². The first-order valence-corrected chi connectivity index (χ1v) is 11.2. The molecule has 1 aliphatic heterocycles. The Hall–Kier alpha value is -3.44. The third-order valence-corrected chi connectivity index (χ3v) is 6.17. The van der Waals surface area contributed by atoms with Gasteiger partial charge in [-0.2, -0.15) is 0 Å². The van der Waals surface area contributed by atoms with Gasteiger partial charge in [-0.25, -0.2) is 4.79 Å². The maximum absolute atomic E-state index is 12.8. The maximum Gasteiger partial charge on any atom is 0.341 e. The van der Waals surface area contributed by atoms with E-state index in [4.69, 9.17) is 9.72 Å². The van der Waals surface area contributed by atoms with Gasteiger partial charge in [0, 0.05) is 49.7 Å². The van der Waals surface area contributed by atoms with Crippen molar-refractivity contribution in [3.8, 4) is 0 Å². The SMILES string of the molecule is CCOC(=O)c1cnc2c(ccc3ccccc32)c1N1CCN(Cc2ccccc2)CC1. The molecule has 5 rings (SSSR count). The molecule has 0 unspecified atom stereocenters. The molecule has 0 aliphatic carbocycles. The number of pyridine rings is 1. The quantitative estimate of drug-likeness (QED) is 0.337. The summed E-state index contributed by atoms with van der Waals surface area (Å²) in [5, 5.41) is 3.25. The molecule has 0 radical (unpaired) electrons. The van der Waals surface area contributed by atoms with E-state index >= 15 is 0 Å². The topological polar surface area (TPSA) is 45.7 Å². The molecule has 1 fully saturated rings. The number of aromatic nitrogens is 1. The number of carbonyl (C=O) groups excluding carboxylic acids is 1. The lowest BCUT2D eigenvalue weighted by Gasteiger charge is -2.37. The smallest absolute Gasteiger partial charge is 0.341 e. The fraction of sp³-hybridized carbons (Fsp3) is 0.259. The van der Waals surface area contributed by atoms with Crippen LogP contribution in [0.2, 0.25) is 0 Å². The van der Waals surface area contributed by atoms with Crippen molar-refractivity contribution in [2.24, 2.45) is 0 Å². The summed E-state index contributed by atoms with van der Waals surface area (Å²) in [4.78, 5) is 22.3. The highest BCUT2D eigenvalue weighted by atomic mass is 16.5. The molecular weight excluding hydrogens is 398 g/mol. The first kappa shape index (κ1) is 20.5. The lowest BCUT2D eigenvalue weighted by molar-refractivity contribution is 0.0526. The second-order valence-corrected chi connectivity index (χ2v) is 8.17. The summed E-state index contributed by atoms with van der Waals surface area (Å²) >= 11 is 0. The third-order valence-electron chi connectivity index (χ3n) is 6.17. The van der Waals surface area contributed by atoms with Gasteiger partial charge in [0.25, 0.3) is 0 Å². The Balaban J connectivity index is 1.50. The largest absolute Gasteiger partial charge is 0.462 e. The molecule has 0 N–H and O–H groups in total. The molecular formula is C27H27N3O2. The van der Waals surface area contributed by atoms with Gasteiger partial charge in [0.1, 0.15) is 5.56 Å². The number of carbonyl (C=O) groups is 1. The summed E-state index contributed by atoms with van der Waals surface area (Å²) in [6.07, 6.45) is 1.69. The van der Waals surface area contributed by atoms with Crippen molar-refractivity contribution in [3.05, 3.63) is 84.1 Å². The van der Waals surface area contributed by atoms with Gasteiger partial charge < -0.3 is 9.64 Å². The van der Waals surface area contributed by atoms with E-state index in [1.807, 2.05) is 19.1 Å². The highest BCUT2D eigenvalue weighted by Crippen LogP contribution is 2.34. The van der Waals surface area contributed by atoms with Gasteiger partial charge in [-0.3, -0.25) is 9.88 Å². The highest BCUT2D eigenvalue weighted by Gasteiger charge is 2.25. The van der Waals surface area contributed by atoms with Crippen molar-refractivity contribution >= 4 is 33.3 Å². The average molecular weight is 426 g/mol. The zero-order valence-corrected chi connectivity index (χ0v) is 18.3. The number of fused-ring (bicyclic) bond motifs is 3. The van der Waals surface area contributed by atoms with Gasteiger partial charge in [-0.15, -0.1) is 0 Å². The molecule has 4 aromatic rings. The number of hydrogen-bond acceptors (Lipinski definition) is 5. The van der Waals surface area contributed by atoms with Crippen molar-refractivity contribution in [1.82, 2.24) is 9.88 Å². The number of esters is 1. The Kier molecular flexibility index (Phi) is 5.73. The van der Waals surface area contributed by atoms with Gasteiger partial charge in [0.15, 0.2) is 0 Å². The zero-order valence-electron chi connectivity index (χ0n) is 18.3. The Labute approximate surface area is 188 Å². The predicted octanol–water partition coefficient (Wildman–Crippen LogP) is 4.89. The van der Waals surface area contributed by atoms with Gasteiger partial charge >= 0.3 is 5.97 Å². The second kappa shape index (κ2) is 8.97. The molecule has 3 aromatic carbocycles. The first-order chi connectivity index (χ1) is 15.7. The van der Waals surface area contributed by atoms with E-state index < -0.39 is 0 Å². The van der Waals surface area contributed by atoms with Crippen molar-refractivity contribution in [2.45, 2.75) is 13.5 Å². The molecule has 1 aliphatic rings. The summed E-state index contributed by atoms with van der Waals surface area (Å²) in [5.41, 5.74) is 3.75. The van der Waals surface area contributed by atoms with Gasteiger partial charge in [-0.1, -0.05) is 66.7 Å². The van der Waals surface area contributed by atoms with Crippen LogP contribution < -0.4 is 4.90 Å². The van der Waals surface area contributed by atoms with Gasteiger partial charge in [-0.05, 0) is 17.9 Å². The van der Waals surface area contributed by atoms with Crippen LogP contribution in [0.5, 0.6) is 0 Å². The van der Waals surface area contributed by atoms with Crippen molar-refractivity contribution in [1.29, 1.82) is 0 Å². The van der Waals surface area contributed by atoms with Crippen molar-refractivity contribution in [2.75, 3.05) is 37.7 Å². The monoisotopic (exact) mass is 425 g/mol. The lowest BCUT2D eigenvalue weighted by atomic mass is 10.0. The van der Waals surface area contributed by atoms with E-state index in [1.165, 1.54) is 5.56 Å². The summed E-state index contributed by atoms with van der Waals surface area (Å²) in [6, 6.07) is 23.0. The van der Waals surface area contributed by atoms with Gasteiger partial charge in [0.2, 0.25) is 0 Å². The van der Waals surface area contributed by atoms with E-state index in [2.05, 4.69) is 64.4 Å². The lowest BCUT2D eigenvalue weighted by Crippen LogP contribution is -2.46. The molecule has 0 amide bonds. The van der Waals surface area contributed by atoms with E-state index in [-0.39, 0.29) is 5.97 Å². The molecule has 0 saturated carbocycles. The van der Waals surface area contributed by atoms with E-state index in [0.717, 1.165) is 60.1 Å². The van der Waals surface area contributed by atoms with Crippen LogP contribution in [0.25, 0.3) is 21.7 Å². The Morgan fingerprint density at radius 1 is 0.906 bits per heavy atom. The average Bonchev–Trinajstić information content (AvgIpc) is 2.84. The molecule has 1 aromatic heterocycles. The van der Waals surface area contributed by atoms with Gasteiger partial charge in [0.05, 0.1) is 17.8 Å². The number of hydrogen-bond donors (Lipinski definition) is 0. The van der Waals surface area contributed by atoms with Crippen LogP contribution in [0, 0.1) is 0 Å². The molecule has 32 heavy (non-hydrogen) atoms. The van der Waals surface area contributed by atoms with E-state index in [9.17, 15) is 4.79 Å². The van der Waals surface area contributed by atoms with Crippen LogP contribution in [0.15, 0.2) is 72.9 Å². The van der Waals surface area contributed by atoms with Crippen LogP contribution in [-0.4, -0.2) is 48.6 Å². The number of nitrogens with zero attached hydrogens (tertiary/aromatic N) is 3. The van der Waals surface area contributed by atoms with Crippen LogP contribution in [0.1, 0.15) is 22.8 Å². The fourth-order valence-electron chi connectivity index (χ4n) is 4.59. The second-order valence-electron chi connectivity index (χ2n) is 8.17.